The maximum Gasteiger partial charge on any atom is 0.261 e. The number of hydrogen-bond donors (Lipinski definition) is 1. The first-order valence-electron chi connectivity index (χ1n) is 7.10. The van der Waals surface area contributed by atoms with Crippen LogP contribution < -0.4 is 10.1 Å². The maximum absolute atomic E-state index is 12.1. The Labute approximate surface area is 122 Å². The van der Waals surface area contributed by atoms with Crippen molar-refractivity contribution in [2.45, 2.75) is 33.3 Å². The number of carbonyl (C=O) groups excluding carboxylic acids is 1. The van der Waals surface area contributed by atoms with Gasteiger partial charge in [-0.05, 0) is 51.6 Å². The molecule has 0 aliphatic carbocycles. The lowest BCUT2D eigenvalue weighted by Gasteiger charge is -2.19. The highest BCUT2D eigenvalue weighted by atomic mass is 16.5. The quantitative estimate of drug-likeness (QED) is 0.831. The smallest absolute Gasteiger partial charge is 0.261 e. The monoisotopic (exact) mass is 278 g/mol. The Kier molecular flexibility index (Phi) is 6.52. The van der Waals surface area contributed by atoms with Crippen LogP contribution in [0, 0.1) is 13.8 Å². The molecule has 0 saturated heterocycles. The van der Waals surface area contributed by atoms with Gasteiger partial charge in [0.1, 0.15) is 5.75 Å². The number of likely N-dealkylation sites (N-methyl/N-ethyl adjacent to an activating group) is 1. The van der Waals surface area contributed by atoms with Crippen LogP contribution >= 0.6 is 0 Å². The lowest BCUT2D eigenvalue weighted by atomic mass is 10.1. The molecule has 112 valence electrons. The van der Waals surface area contributed by atoms with Gasteiger partial charge in [-0.2, -0.15) is 0 Å². The van der Waals surface area contributed by atoms with Gasteiger partial charge in [0, 0.05) is 13.1 Å². The summed E-state index contributed by atoms with van der Waals surface area (Å²) >= 11 is 0. The Morgan fingerprint density at radius 1 is 1.35 bits per heavy atom. The molecule has 20 heavy (non-hydrogen) atoms. The topological polar surface area (TPSA) is 41.6 Å². The zero-order chi connectivity index (χ0) is 15.1. The van der Waals surface area contributed by atoms with Gasteiger partial charge in [-0.15, -0.1) is 0 Å². The second-order valence-electron chi connectivity index (χ2n) is 5.38. The van der Waals surface area contributed by atoms with E-state index in [-0.39, 0.29) is 5.91 Å². The van der Waals surface area contributed by atoms with E-state index in [4.69, 9.17) is 4.74 Å². The van der Waals surface area contributed by atoms with Crippen LogP contribution in [0.25, 0.3) is 0 Å². The van der Waals surface area contributed by atoms with Crippen LogP contribution in [-0.2, 0) is 4.79 Å². The van der Waals surface area contributed by atoms with Crippen LogP contribution in [-0.4, -0.2) is 44.1 Å². The molecule has 0 spiro atoms. The number of benzene rings is 1. The van der Waals surface area contributed by atoms with Gasteiger partial charge >= 0.3 is 0 Å². The number of nitrogens with zero attached hydrogens (tertiary/aromatic N) is 1. The molecule has 4 heteroatoms. The molecule has 0 aliphatic heterocycles. The average molecular weight is 278 g/mol. The molecule has 0 saturated carbocycles. The molecule has 1 aromatic rings. The Balaban J connectivity index is 2.62. The number of rotatable bonds is 7. The molecule has 0 aromatic heterocycles. The van der Waals surface area contributed by atoms with Gasteiger partial charge in [-0.1, -0.05) is 19.1 Å². The number of ether oxygens (including phenoxy) is 1. The third-order valence-electron chi connectivity index (χ3n) is 3.13. The summed E-state index contributed by atoms with van der Waals surface area (Å²) in [7, 11) is 3.96. The van der Waals surface area contributed by atoms with Crippen LogP contribution in [0.5, 0.6) is 5.75 Å². The van der Waals surface area contributed by atoms with Crippen molar-refractivity contribution in [1.82, 2.24) is 10.2 Å². The molecular formula is C16H26N2O2. The first kappa shape index (κ1) is 16.5. The molecule has 0 aliphatic rings. The van der Waals surface area contributed by atoms with E-state index < -0.39 is 6.10 Å². The lowest BCUT2D eigenvalue weighted by Crippen LogP contribution is -2.40. The summed E-state index contributed by atoms with van der Waals surface area (Å²) in [4.78, 5) is 14.1. The summed E-state index contributed by atoms with van der Waals surface area (Å²) in [6.45, 7) is 7.43. The molecular weight excluding hydrogens is 252 g/mol. The highest BCUT2D eigenvalue weighted by Crippen LogP contribution is 2.21. The normalized spacial score (nSPS) is 12.3. The van der Waals surface area contributed by atoms with E-state index in [9.17, 15) is 4.79 Å². The highest BCUT2D eigenvalue weighted by Gasteiger charge is 2.18. The molecule has 4 nitrogen and oxygen atoms in total. The zero-order valence-corrected chi connectivity index (χ0v) is 13.2. The van der Waals surface area contributed by atoms with Crippen molar-refractivity contribution in [2.24, 2.45) is 0 Å². The summed E-state index contributed by atoms with van der Waals surface area (Å²) in [5.41, 5.74) is 2.18. The standard InChI is InChI=1S/C16H26N2O2/c1-6-14(16(19)17-9-10-18(4)5)20-15-11-12(2)7-8-13(15)3/h7-8,11,14H,6,9-10H2,1-5H3,(H,17,19)/t14-/m1/s1. The summed E-state index contributed by atoms with van der Waals surface area (Å²) in [6, 6.07) is 6.03. The second-order valence-corrected chi connectivity index (χ2v) is 5.38. The number of carbonyl (C=O) groups is 1. The van der Waals surface area contributed by atoms with Crippen LogP contribution in [0.4, 0.5) is 0 Å². The largest absolute Gasteiger partial charge is 0.480 e. The van der Waals surface area contributed by atoms with Crippen LogP contribution in [0.15, 0.2) is 18.2 Å². The van der Waals surface area contributed by atoms with Crippen molar-refractivity contribution in [3.8, 4) is 5.75 Å². The molecule has 1 rings (SSSR count). The minimum Gasteiger partial charge on any atom is -0.480 e. The molecule has 1 aromatic carbocycles. The van der Waals surface area contributed by atoms with E-state index in [1.54, 1.807) is 0 Å². The summed E-state index contributed by atoms with van der Waals surface area (Å²) in [5, 5.41) is 2.91. The van der Waals surface area contributed by atoms with Crippen molar-refractivity contribution >= 4 is 5.91 Å². The summed E-state index contributed by atoms with van der Waals surface area (Å²) in [6.07, 6.45) is 0.221. The Hall–Kier alpha value is -1.55. The zero-order valence-electron chi connectivity index (χ0n) is 13.2. The third kappa shape index (κ3) is 5.21. The Morgan fingerprint density at radius 3 is 2.65 bits per heavy atom. The minimum absolute atomic E-state index is 0.0461. The lowest BCUT2D eigenvalue weighted by molar-refractivity contribution is -0.128. The van der Waals surface area contributed by atoms with Crippen molar-refractivity contribution in [1.29, 1.82) is 0 Å². The van der Waals surface area contributed by atoms with Gasteiger partial charge < -0.3 is 15.0 Å². The number of amides is 1. The van der Waals surface area contributed by atoms with E-state index >= 15 is 0 Å². The van der Waals surface area contributed by atoms with Gasteiger partial charge in [0.05, 0.1) is 0 Å². The number of aryl methyl sites for hydroxylation is 2. The minimum atomic E-state index is -0.433. The van der Waals surface area contributed by atoms with Crippen molar-refractivity contribution in [3.63, 3.8) is 0 Å². The fourth-order valence-electron chi connectivity index (χ4n) is 1.83. The molecule has 0 bridgehead atoms. The van der Waals surface area contributed by atoms with Crippen LogP contribution in [0.3, 0.4) is 0 Å². The van der Waals surface area contributed by atoms with E-state index in [1.807, 2.05) is 58.0 Å². The number of hydrogen-bond acceptors (Lipinski definition) is 3. The predicted octanol–water partition coefficient (Wildman–Crippen LogP) is 2.14. The summed E-state index contributed by atoms with van der Waals surface area (Å²) in [5.74, 6) is 0.745. The van der Waals surface area contributed by atoms with Crippen molar-refractivity contribution < 1.29 is 9.53 Å². The second kappa shape index (κ2) is 7.90. The fraction of sp³-hybridized carbons (Fsp3) is 0.562. The molecule has 1 atom stereocenters. The van der Waals surface area contributed by atoms with Gasteiger partial charge in [0.25, 0.3) is 5.91 Å². The first-order chi connectivity index (χ1) is 9.43. The van der Waals surface area contributed by atoms with Gasteiger partial charge in [0.2, 0.25) is 0 Å². The van der Waals surface area contributed by atoms with Gasteiger partial charge in [0.15, 0.2) is 6.10 Å². The SMILES string of the molecule is CC[C@@H](Oc1cc(C)ccc1C)C(=O)NCCN(C)C. The molecule has 0 heterocycles. The average Bonchev–Trinajstić information content (AvgIpc) is 2.39. The fourth-order valence-corrected chi connectivity index (χ4v) is 1.83. The molecule has 0 fully saturated rings. The number of nitrogens with one attached hydrogen (secondary N) is 1. The van der Waals surface area contributed by atoms with Crippen molar-refractivity contribution in [3.05, 3.63) is 29.3 Å². The van der Waals surface area contributed by atoms with Crippen molar-refractivity contribution in [2.75, 3.05) is 27.2 Å². The van der Waals surface area contributed by atoms with Crippen LogP contribution in [0.2, 0.25) is 0 Å². The van der Waals surface area contributed by atoms with Gasteiger partial charge in [-0.25, -0.2) is 0 Å². The first-order valence-corrected chi connectivity index (χ1v) is 7.10. The predicted molar refractivity (Wildman–Crippen MR) is 82.2 cm³/mol. The van der Waals surface area contributed by atoms with Crippen LogP contribution in [0.1, 0.15) is 24.5 Å². The third-order valence-corrected chi connectivity index (χ3v) is 3.13. The van der Waals surface area contributed by atoms with E-state index in [0.29, 0.717) is 13.0 Å². The highest BCUT2D eigenvalue weighted by molar-refractivity contribution is 5.81. The molecule has 0 unspecified atom stereocenters. The molecule has 1 amide bonds. The van der Waals surface area contributed by atoms with Gasteiger partial charge in [-0.3, -0.25) is 4.79 Å². The maximum atomic E-state index is 12.1. The van der Waals surface area contributed by atoms with E-state index in [2.05, 4.69) is 5.32 Å². The molecule has 1 N–H and O–H groups in total. The van der Waals surface area contributed by atoms with E-state index in [1.165, 1.54) is 0 Å². The van der Waals surface area contributed by atoms with E-state index in [0.717, 1.165) is 23.4 Å². The Morgan fingerprint density at radius 2 is 2.05 bits per heavy atom. The summed E-state index contributed by atoms with van der Waals surface area (Å²) < 4.78 is 5.87. The molecule has 0 radical (unpaired) electrons. The Bertz CT molecular complexity index is 444.